The van der Waals surface area contributed by atoms with E-state index in [1.807, 2.05) is 13.8 Å². The first-order valence-corrected chi connectivity index (χ1v) is 10.6. The molecule has 1 aromatic heterocycles. The SMILES string of the molecule is COc1ccc([C@H]2SCC(=O)Nc3c2c(=O)[nH]n3[C@@H]2CCOC(C)(C)C2)c(F)c1. The molecule has 7 nitrogen and oxygen atoms in total. The largest absolute Gasteiger partial charge is 0.497 e. The van der Waals surface area contributed by atoms with Crippen LogP contribution < -0.4 is 15.6 Å². The van der Waals surface area contributed by atoms with Crippen molar-refractivity contribution in [3.8, 4) is 5.75 Å². The van der Waals surface area contributed by atoms with Crippen molar-refractivity contribution in [2.75, 3.05) is 24.8 Å². The van der Waals surface area contributed by atoms with Gasteiger partial charge in [-0.2, -0.15) is 0 Å². The highest BCUT2D eigenvalue weighted by Gasteiger charge is 2.36. The summed E-state index contributed by atoms with van der Waals surface area (Å²) in [5.74, 6) is 0.264. The molecule has 2 N–H and O–H groups in total. The standard InChI is InChI=1S/C20H24FN3O4S/c1-20(2)9-11(6-7-28-20)24-18-16(19(26)23-24)17(29-10-15(25)22-18)13-5-4-12(27-3)8-14(13)21/h4-5,8,11,17H,6-7,9-10H2,1-3H3,(H,22,25)(H,23,26)/t11-,17-/m1/s1. The lowest BCUT2D eigenvalue weighted by Crippen LogP contribution is -2.36. The molecule has 0 unspecified atom stereocenters. The first-order valence-electron chi connectivity index (χ1n) is 9.52. The summed E-state index contributed by atoms with van der Waals surface area (Å²) >= 11 is 1.24. The Morgan fingerprint density at radius 2 is 2.14 bits per heavy atom. The van der Waals surface area contributed by atoms with Crippen LogP contribution in [0.2, 0.25) is 0 Å². The van der Waals surface area contributed by atoms with E-state index in [1.54, 1.807) is 16.8 Å². The summed E-state index contributed by atoms with van der Waals surface area (Å²) in [5, 5.41) is 5.14. The second-order valence-electron chi connectivity index (χ2n) is 7.95. The van der Waals surface area contributed by atoms with Gasteiger partial charge in [-0.05, 0) is 32.8 Å². The van der Waals surface area contributed by atoms with Crippen molar-refractivity contribution in [2.45, 2.75) is 43.6 Å². The molecule has 0 saturated carbocycles. The highest BCUT2D eigenvalue weighted by atomic mass is 32.2. The number of hydrogen-bond donors (Lipinski definition) is 2. The van der Waals surface area contributed by atoms with Gasteiger partial charge in [0.25, 0.3) is 5.56 Å². The van der Waals surface area contributed by atoms with Gasteiger partial charge in [0, 0.05) is 18.2 Å². The summed E-state index contributed by atoms with van der Waals surface area (Å²) < 4.78 is 27.4. The van der Waals surface area contributed by atoms with Crippen molar-refractivity contribution in [2.24, 2.45) is 0 Å². The summed E-state index contributed by atoms with van der Waals surface area (Å²) in [6.45, 7) is 4.57. The molecule has 2 aromatic rings. The number of ether oxygens (including phenoxy) is 2. The van der Waals surface area contributed by atoms with Gasteiger partial charge in [-0.3, -0.25) is 19.4 Å². The second-order valence-corrected chi connectivity index (χ2v) is 9.05. The summed E-state index contributed by atoms with van der Waals surface area (Å²) in [5.41, 5.74) is 0.0691. The Morgan fingerprint density at radius 1 is 1.34 bits per heavy atom. The molecule has 4 rings (SSSR count). The molecule has 2 atom stereocenters. The van der Waals surface area contributed by atoms with E-state index in [4.69, 9.17) is 9.47 Å². The Morgan fingerprint density at radius 3 is 2.83 bits per heavy atom. The van der Waals surface area contributed by atoms with Crippen LogP contribution in [0.1, 0.15) is 49.1 Å². The van der Waals surface area contributed by atoms with Gasteiger partial charge in [-0.25, -0.2) is 4.39 Å². The third kappa shape index (κ3) is 3.81. The summed E-state index contributed by atoms with van der Waals surface area (Å²) in [6.07, 6.45) is 1.40. The molecule has 0 bridgehead atoms. The average molecular weight is 421 g/mol. The van der Waals surface area contributed by atoms with Gasteiger partial charge in [0.05, 0.1) is 35.3 Å². The fourth-order valence-corrected chi connectivity index (χ4v) is 5.18. The molecule has 3 heterocycles. The minimum atomic E-state index is -0.604. The Kier molecular flexibility index (Phi) is 5.20. The first-order chi connectivity index (χ1) is 13.8. The third-order valence-electron chi connectivity index (χ3n) is 5.39. The molecule has 29 heavy (non-hydrogen) atoms. The van der Waals surface area contributed by atoms with Gasteiger partial charge >= 0.3 is 0 Å². The molecule has 0 aliphatic carbocycles. The normalized spacial score (nSPS) is 23.8. The molecule has 0 spiro atoms. The van der Waals surface area contributed by atoms with Crippen LogP contribution in [0.4, 0.5) is 10.2 Å². The topological polar surface area (TPSA) is 85.4 Å². The highest BCUT2D eigenvalue weighted by molar-refractivity contribution is 8.00. The lowest BCUT2D eigenvalue weighted by atomic mass is 9.94. The quantitative estimate of drug-likeness (QED) is 0.795. The van der Waals surface area contributed by atoms with Gasteiger partial charge in [0.15, 0.2) is 0 Å². The van der Waals surface area contributed by atoms with Crippen molar-refractivity contribution in [1.82, 2.24) is 9.78 Å². The number of amides is 1. The minimum absolute atomic E-state index is 0.0278. The molecular weight excluding hydrogens is 397 g/mol. The molecule has 1 saturated heterocycles. The molecule has 1 amide bonds. The highest BCUT2D eigenvalue weighted by Crippen LogP contribution is 2.43. The predicted molar refractivity (Wildman–Crippen MR) is 109 cm³/mol. The lowest BCUT2D eigenvalue weighted by Gasteiger charge is -2.36. The summed E-state index contributed by atoms with van der Waals surface area (Å²) in [6, 6.07) is 4.53. The van der Waals surface area contributed by atoms with Crippen molar-refractivity contribution in [3.63, 3.8) is 0 Å². The van der Waals surface area contributed by atoms with E-state index >= 15 is 0 Å². The summed E-state index contributed by atoms with van der Waals surface area (Å²) in [7, 11) is 1.47. The van der Waals surface area contributed by atoms with E-state index in [0.29, 0.717) is 42.1 Å². The Bertz CT molecular complexity index is 1000. The first kappa shape index (κ1) is 20.0. The van der Waals surface area contributed by atoms with Crippen molar-refractivity contribution in [3.05, 3.63) is 45.5 Å². The van der Waals surface area contributed by atoms with Crippen molar-refractivity contribution in [1.29, 1.82) is 0 Å². The predicted octanol–water partition coefficient (Wildman–Crippen LogP) is 3.23. The number of anilines is 1. The molecule has 0 radical (unpaired) electrons. The number of fused-ring (bicyclic) bond motifs is 1. The Hall–Kier alpha value is -2.26. The average Bonchev–Trinajstić information content (AvgIpc) is 2.87. The minimum Gasteiger partial charge on any atom is -0.497 e. The summed E-state index contributed by atoms with van der Waals surface area (Å²) in [4.78, 5) is 25.3. The number of aromatic amines is 1. The van der Waals surface area contributed by atoms with Gasteiger partial charge in [0.2, 0.25) is 5.91 Å². The molecule has 1 aromatic carbocycles. The number of benzene rings is 1. The number of rotatable bonds is 3. The van der Waals surface area contributed by atoms with E-state index in [-0.39, 0.29) is 28.9 Å². The van der Waals surface area contributed by atoms with Crippen LogP contribution in [-0.2, 0) is 9.53 Å². The maximum Gasteiger partial charge on any atom is 0.270 e. The van der Waals surface area contributed by atoms with Crippen molar-refractivity contribution >= 4 is 23.5 Å². The number of nitrogens with one attached hydrogen (secondary N) is 2. The van der Waals surface area contributed by atoms with E-state index < -0.39 is 11.1 Å². The van der Waals surface area contributed by atoms with Gasteiger partial charge < -0.3 is 14.8 Å². The molecule has 2 aliphatic rings. The van der Waals surface area contributed by atoms with Crippen LogP contribution in [-0.4, -0.2) is 40.8 Å². The van der Waals surface area contributed by atoms with E-state index in [9.17, 15) is 14.0 Å². The monoisotopic (exact) mass is 421 g/mol. The Balaban J connectivity index is 1.81. The smallest absolute Gasteiger partial charge is 0.270 e. The third-order valence-corrected chi connectivity index (χ3v) is 6.64. The number of methoxy groups -OCH3 is 1. The Labute approximate surface area is 171 Å². The number of thioether (sulfide) groups is 1. The zero-order valence-electron chi connectivity index (χ0n) is 16.6. The number of H-pyrrole nitrogens is 1. The van der Waals surface area contributed by atoms with Crippen LogP contribution >= 0.6 is 11.8 Å². The maximum absolute atomic E-state index is 14.8. The molecular formula is C20H24FN3O4S. The lowest BCUT2D eigenvalue weighted by molar-refractivity contribution is -0.113. The number of nitrogens with zero attached hydrogens (tertiary/aromatic N) is 1. The number of halogens is 1. The number of carbonyl (C=O) groups is 1. The molecule has 156 valence electrons. The van der Waals surface area contributed by atoms with E-state index in [0.717, 1.165) is 0 Å². The van der Waals surface area contributed by atoms with Gasteiger partial charge in [-0.15, -0.1) is 11.8 Å². The molecule has 9 heteroatoms. The number of carbonyl (C=O) groups excluding carboxylic acids is 1. The number of aromatic nitrogens is 2. The number of hydrogen-bond acceptors (Lipinski definition) is 5. The zero-order chi connectivity index (χ0) is 20.8. The van der Waals surface area contributed by atoms with Gasteiger partial charge in [-0.1, -0.05) is 6.07 Å². The van der Waals surface area contributed by atoms with Gasteiger partial charge in [0.1, 0.15) is 17.4 Å². The van der Waals surface area contributed by atoms with E-state index in [1.165, 1.54) is 24.9 Å². The molecule has 2 aliphatic heterocycles. The van der Waals surface area contributed by atoms with Crippen LogP contribution in [0.15, 0.2) is 23.0 Å². The van der Waals surface area contributed by atoms with E-state index in [2.05, 4.69) is 10.4 Å². The maximum atomic E-state index is 14.8. The fraction of sp³-hybridized carbons (Fsp3) is 0.500. The van der Waals surface area contributed by atoms with Crippen LogP contribution in [0.25, 0.3) is 0 Å². The van der Waals surface area contributed by atoms with Crippen LogP contribution in [0.5, 0.6) is 5.75 Å². The fourth-order valence-electron chi connectivity index (χ4n) is 4.03. The molecule has 1 fully saturated rings. The van der Waals surface area contributed by atoms with Crippen LogP contribution in [0.3, 0.4) is 0 Å². The van der Waals surface area contributed by atoms with Crippen molar-refractivity contribution < 1.29 is 18.7 Å². The second kappa shape index (κ2) is 7.53. The van der Waals surface area contributed by atoms with Crippen LogP contribution in [0, 0.1) is 5.82 Å². The zero-order valence-corrected chi connectivity index (χ0v) is 17.4.